The van der Waals surface area contributed by atoms with Crippen molar-refractivity contribution in [2.45, 2.75) is 13.3 Å². The van der Waals surface area contributed by atoms with Crippen molar-refractivity contribution < 1.29 is 14.3 Å². The smallest absolute Gasteiger partial charge is 0.313 e. The maximum atomic E-state index is 10.5. The lowest BCUT2D eigenvalue weighted by Gasteiger charge is -1.97. The second-order valence-corrected chi connectivity index (χ2v) is 1.99. The lowest BCUT2D eigenvalue weighted by Crippen LogP contribution is -2.11. The van der Waals surface area contributed by atoms with Gasteiger partial charge in [0.05, 0.1) is 6.61 Å². The van der Waals surface area contributed by atoms with Crippen LogP contribution in [0.1, 0.15) is 13.3 Å². The van der Waals surface area contributed by atoms with Crippen molar-refractivity contribution in [1.29, 1.82) is 0 Å². The van der Waals surface area contributed by atoms with Crippen LogP contribution in [0.25, 0.3) is 0 Å². The van der Waals surface area contributed by atoms with Gasteiger partial charge < -0.3 is 4.74 Å². The summed E-state index contributed by atoms with van der Waals surface area (Å²) in [6.07, 6.45) is -0.155. The molecule has 0 unspecified atom stereocenters. The molecule has 0 heterocycles. The molecule has 58 valence electrons. The Labute approximate surface area is 65.2 Å². The summed E-state index contributed by atoms with van der Waals surface area (Å²) >= 11 is 3.70. The van der Waals surface area contributed by atoms with E-state index in [4.69, 9.17) is 0 Å². The quantitative estimate of drug-likeness (QED) is 0.370. The molecular formula is C6H10O3S. The first-order valence-corrected chi connectivity index (χ1v) is 3.62. The maximum absolute atomic E-state index is 10.5. The van der Waals surface area contributed by atoms with Crippen LogP contribution in [-0.4, -0.2) is 24.1 Å². The van der Waals surface area contributed by atoms with Crippen LogP contribution in [-0.2, 0) is 14.3 Å². The van der Waals surface area contributed by atoms with E-state index in [0.29, 0.717) is 6.61 Å². The number of carbonyl (C=O) groups is 2. The molecule has 0 aliphatic heterocycles. The van der Waals surface area contributed by atoms with Gasteiger partial charge in [-0.1, -0.05) is 0 Å². The Morgan fingerprint density at radius 1 is 1.50 bits per heavy atom. The first-order valence-electron chi connectivity index (χ1n) is 2.99. The van der Waals surface area contributed by atoms with Crippen molar-refractivity contribution in [2.24, 2.45) is 0 Å². The Bertz CT molecular complexity index is 133. The van der Waals surface area contributed by atoms with E-state index in [2.05, 4.69) is 17.4 Å². The molecule has 0 aliphatic rings. The maximum Gasteiger partial charge on any atom is 0.313 e. The minimum atomic E-state index is -0.471. The SMILES string of the molecule is CCOC(=O)CC(=O)CS. The van der Waals surface area contributed by atoms with Crippen LogP contribution in [0.15, 0.2) is 0 Å². The van der Waals surface area contributed by atoms with Crippen molar-refractivity contribution in [3.8, 4) is 0 Å². The van der Waals surface area contributed by atoms with Gasteiger partial charge in [0.25, 0.3) is 0 Å². The van der Waals surface area contributed by atoms with Crippen LogP contribution in [0.2, 0.25) is 0 Å². The third-order valence-corrected chi connectivity index (χ3v) is 1.18. The van der Waals surface area contributed by atoms with E-state index in [1.807, 2.05) is 0 Å². The second kappa shape index (κ2) is 5.29. The van der Waals surface area contributed by atoms with Crippen LogP contribution < -0.4 is 0 Å². The largest absolute Gasteiger partial charge is 0.466 e. The van der Waals surface area contributed by atoms with Gasteiger partial charge in [0.2, 0.25) is 0 Å². The highest BCUT2D eigenvalue weighted by Gasteiger charge is 2.06. The lowest BCUT2D eigenvalue weighted by atomic mass is 10.3. The second-order valence-electron chi connectivity index (χ2n) is 1.68. The molecule has 10 heavy (non-hydrogen) atoms. The number of Topliss-reactive ketones (excluding diaryl/α,β-unsaturated/α-hetero) is 1. The number of carbonyl (C=O) groups excluding carboxylic acids is 2. The molecule has 0 saturated heterocycles. The fourth-order valence-electron chi connectivity index (χ4n) is 0.429. The molecule has 0 fully saturated rings. The molecule has 3 nitrogen and oxygen atoms in total. The number of ether oxygens (including phenoxy) is 1. The summed E-state index contributed by atoms with van der Waals surface area (Å²) in [5, 5.41) is 0. The van der Waals surface area contributed by atoms with Gasteiger partial charge in [-0.15, -0.1) is 0 Å². The average Bonchev–Trinajstić information content (AvgIpc) is 1.88. The molecule has 0 aliphatic carbocycles. The summed E-state index contributed by atoms with van der Waals surface area (Å²) in [5.41, 5.74) is 0. The molecule has 0 N–H and O–H groups in total. The average molecular weight is 162 g/mol. The van der Waals surface area contributed by atoms with Gasteiger partial charge >= 0.3 is 5.97 Å². The Kier molecular flexibility index (Phi) is 5.02. The van der Waals surface area contributed by atoms with Crippen LogP contribution in [0, 0.1) is 0 Å². The molecule has 0 saturated carbocycles. The van der Waals surface area contributed by atoms with Crippen molar-refractivity contribution >= 4 is 24.4 Å². The van der Waals surface area contributed by atoms with Crippen molar-refractivity contribution in [2.75, 3.05) is 12.4 Å². The van der Waals surface area contributed by atoms with Crippen molar-refractivity contribution in [3.05, 3.63) is 0 Å². The molecule has 0 aromatic carbocycles. The Hall–Kier alpha value is -0.510. The monoisotopic (exact) mass is 162 g/mol. The van der Waals surface area contributed by atoms with E-state index < -0.39 is 5.97 Å². The number of ketones is 1. The molecule has 0 spiro atoms. The van der Waals surface area contributed by atoms with Crippen LogP contribution in [0.5, 0.6) is 0 Å². The predicted molar refractivity (Wildman–Crippen MR) is 40.1 cm³/mol. The predicted octanol–water partition coefficient (Wildman–Crippen LogP) is 0.439. The zero-order chi connectivity index (χ0) is 7.98. The molecule has 0 aromatic heterocycles. The summed E-state index contributed by atoms with van der Waals surface area (Å²) in [5.74, 6) is -0.581. The van der Waals surface area contributed by atoms with Gasteiger partial charge in [-0.3, -0.25) is 9.59 Å². The molecule has 0 rings (SSSR count). The van der Waals surface area contributed by atoms with E-state index in [1.165, 1.54) is 0 Å². The van der Waals surface area contributed by atoms with Crippen LogP contribution >= 0.6 is 12.6 Å². The molecule has 0 aromatic rings. The van der Waals surface area contributed by atoms with Gasteiger partial charge in [-0.2, -0.15) is 12.6 Å². The highest BCUT2D eigenvalue weighted by atomic mass is 32.1. The van der Waals surface area contributed by atoms with Crippen molar-refractivity contribution in [3.63, 3.8) is 0 Å². The van der Waals surface area contributed by atoms with Crippen LogP contribution in [0.3, 0.4) is 0 Å². The summed E-state index contributed by atoms with van der Waals surface area (Å²) in [7, 11) is 0. The standard InChI is InChI=1S/C6H10O3S/c1-2-9-6(8)3-5(7)4-10/h10H,2-4H2,1H3. The number of thiol groups is 1. The molecule has 0 amide bonds. The van der Waals surface area contributed by atoms with Crippen molar-refractivity contribution in [1.82, 2.24) is 0 Å². The molecule has 4 heteroatoms. The summed E-state index contributed by atoms with van der Waals surface area (Å²) in [4.78, 5) is 21.1. The highest BCUT2D eigenvalue weighted by molar-refractivity contribution is 7.81. The van der Waals surface area contributed by atoms with E-state index in [1.54, 1.807) is 6.92 Å². The van der Waals surface area contributed by atoms with Gasteiger partial charge in [0.15, 0.2) is 5.78 Å². The highest BCUT2D eigenvalue weighted by Crippen LogP contribution is 1.89. The molecule has 0 atom stereocenters. The number of hydrogen-bond acceptors (Lipinski definition) is 4. The van der Waals surface area contributed by atoms with E-state index in [-0.39, 0.29) is 18.0 Å². The van der Waals surface area contributed by atoms with E-state index in [0.717, 1.165) is 0 Å². The zero-order valence-corrected chi connectivity index (χ0v) is 6.69. The molecular weight excluding hydrogens is 152 g/mol. The first kappa shape index (κ1) is 9.49. The third kappa shape index (κ3) is 4.38. The minimum absolute atomic E-state index is 0.0960. The fourth-order valence-corrected chi connectivity index (χ4v) is 0.541. The zero-order valence-electron chi connectivity index (χ0n) is 5.79. The van der Waals surface area contributed by atoms with E-state index in [9.17, 15) is 9.59 Å². The Morgan fingerprint density at radius 3 is 2.50 bits per heavy atom. The fraction of sp³-hybridized carbons (Fsp3) is 0.667. The number of rotatable bonds is 4. The first-order chi connectivity index (χ1) is 4.70. The normalized spacial score (nSPS) is 9.00. The summed E-state index contributed by atoms with van der Waals surface area (Å²) in [6.45, 7) is 2.02. The van der Waals surface area contributed by atoms with E-state index >= 15 is 0 Å². The number of hydrogen-bond donors (Lipinski definition) is 1. The van der Waals surface area contributed by atoms with Gasteiger partial charge in [-0.05, 0) is 6.92 Å². The molecule has 0 radical (unpaired) electrons. The van der Waals surface area contributed by atoms with Gasteiger partial charge in [0, 0.05) is 5.75 Å². The number of esters is 1. The Morgan fingerprint density at radius 2 is 2.10 bits per heavy atom. The topological polar surface area (TPSA) is 43.4 Å². The Balaban J connectivity index is 3.47. The minimum Gasteiger partial charge on any atom is -0.466 e. The third-order valence-electron chi connectivity index (χ3n) is 0.823. The van der Waals surface area contributed by atoms with Crippen LogP contribution in [0.4, 0.5) is 0 Å². The summed E-state index contributed by atoms with van der Waals surface area (Å²) < 4.78 is 4.52. The lowest BCUT2D eigenvalue weighted by molar-refractivity contribution is -0.145. The van der Waals surface area contributed by atoms with Gasteiger partial charge in [0.1, 0.15) is 6.42 Å². The van der Waals surface area contributed by atoms with Gasteiger partial charge in [-0.25, -0.2) is 0 Å². The molecule has 0 bridgehead atoms. The summed E-state index contributed by atoms with van der Waals surface area (Å²) in [6, 6.07) is 0.